The van der Waals surface area contributed by atoms with Crippen LogP contribution >= 0.6 is 0 Å². The quantitative estimate of drug-likeness (QED) is 0.515. The molecule has 0 bridgehead atoms. The molecule has 1 aliphatic rings. The van der Waals surface area contributed by atoms with E-state index >= 15 is 0 Å². The number of ketones is 1. The van der Waals surface area contributed by atoms with Crippen LogP contribution in [-0.4, -0.2) is 34.1 Å². The molecule has 0 unspecified atom stereocenters. The lowest BCUT2D eigenvalue weighted by Crippen LogP contribution is -2.30. The molecule has 0 saturated carbocycles. The first-order chi connectivity index (χ1) is 13.4. The second-order valence-electron chi connectivity index (χ2n) is 7.12. The normalized spacial score (nSPS) is 14.5. The maximum Gasteiger partial charge on any atom is 0.454 e. The number of aromatic nitrogens is 2. The molecule has 0 radical (unpaired) electrons. The lowest BCUT2D eigenvalue weighted by Gasteiger charge is -2.12. The smallest absolute Gasteiger partial charge is 0.332 e. The molecule has 0 spiro atoms. The Hall–Kier alpha value is -2.67. The monoisotopic (exact) mass is 387 g/mol. The minimum absolute atomic E-state index is 0.240. The van der Waals surface area contributed by atoms with Gasteiger partial charge in [-0.1, -0.05) is 24.3 Å². The molecule has 146 valence electrons. The van der Waals surface area contributed by atoms with Crippen LogP contribution in [0.2, 0.25) is 0 Å². The van der Waals surface area contributed by atoms with Crippen molar-refractivity contribution in [3.8, 4) is 0 Å². The molecule has 0 atom stereocenters. The van der Waals surface area contributed by atoms with Gasteiger partial charge in [-0.25, -0.2) is 4.98 Å². The van der Waals surface area contributed by atoms with Crippen molar-refractivity contribution >= 4 is 16.8 Å². The van der Waals surface area contributed by atoms with Gasteiger partial charge in [0.15, 0.2) is 0 Å². The predicted molar refractivity (Wildman–Crippen MR) is 100 cm³/mol. The number of fused-ring (bicyclic) bond motifs is 2. The lowest BCUT2D eigenvalue weighted by atomic mass is 10.1. The first-order valence-corrected chi connectivity index (χ1v) is 9.29. The lowest BCUT2D eigenvalue weighted by molar-refractivity contribution is -0.0884. The van der Waals surface area contributed by atoms with Crippen LogP contribution in [0.4, 0.5) is 13.2 Å². The third-order valence-corrected chi connectivity index (χ3v) is 5.20. The van der Waals surface area contributed by atoms with Gasteiger partial charge in [0.25, 0.3) is 5.78 Å². The average Bonchev–Trinajstić information content (AvgIpc) is 3.25. The fraction of sp³-hybridized carbons (Fsp3) is 0.333. The SMILES string of the molecule is O=C(c1cn(CCCNC2Cc3ccccc3C2)c2ncccc12)C(F)(F)F. The van der Waals surface area contributed by atoms with Crippen LogP contribution in [0.15, 0.2) is 48.8 Å². The maximum atomic E-state index is 12.9. The Morgan fingerprint density at radius 3 is 2.54 bits per heavy atom. The summed E-state index contributed by atoms with van der Waals surface area (Å²) in [5.74, 6) is -1.83. The summed E-state index contributed by atoms with van der Waals surface area (Å²) in [6.07, 6.45) is 0.622. The Morgan fingerprint density at radius 2 is 1.86 bits per heavy atom. The molecule has 1 N–H and O–H groups in total. The molecule has 2 heterocycles. The summed E-state index contributed by atoms with van der Waals surface area (Å²) in [7, 11) is 0. The molecule has 4 rings (SSSR count). The van der Waals surface area contributed by atoms with Crippen molar-refractivity contribution < 1.29 is 18.0 Å². The number of aryl methyl sites for hydroxylation is 1. The van der Waals surface area contributed by atoms with Gasteiger partial charge in [-0.15, -0.1) is 0 Å². The number of Topliss-reactive ketones (excluding diaryl/α,β-unsaturated/α-hetero) is 1. The van der Waals surface area contributed by atoms with E-state index in [-0.39, 0.29) is 10.9 Å². The molecule has 0 aliphatic heterocycles. The second kappa shape index (κ2) is 7.39. The Balaban J connectivity index is 1.40. The zero-order valence-electron chi connectivity index (χ0n) is 15.2. The zero-order valence-corrected chi connectivity index (χ0v) is 15.2. The maximum absolute atomic E-state index is 12.9. The van der Waals surface area contributed by atoms with Crippen molar-refractivity contribution in [1.29, 1.82) is 0 Å². The predicted octanol–water partition coefficient (Wildman–Crippen LogP) is 3.93. The number of hydrogen-bond acceptors (Lipinski definition) is 3. The molecule has 3 aromatic rings. The van der Waals surface area contributed by atoms with E-state index in [4.69, 9.17) is 0 Å². The van der Waals surface area contributed by atoms with Gasteiger partial charge in [0, 0.05) is 30.4 Å². The minimum Gasteiger partial charge on any atom is -0.332 e. The molecule has 1 aliphatic carbocycles. The van der Waals surface area contributed by atoms with Crippen LogP contribution in [-0.2, 0) is 19.4 Å². The van der Waals surface area contributed by atoms with Gasteiger partial charge < -0.3 is 9.88 Å². The number of nitrogens with one attached hydrogen (secondary N) is 1. The Kier molecular flexibility index (Phi) is 4.93. The largest absolute Gasteiger partial charge is 0.454 e. The molecule has 1 aromatic carbocycles. The van der Waals surface area contributed by atoms with Crippen molar-refractivity contribution in [2.75, 3.05) is 6.54 Å². The first-order valence-electron chi connectivity index (χ1n) is 9.29. The fourth-order valence-corrected chi connectivity index (χ4v) is 3.89. The Labute approximate surface area is 160 Å². The molecular formula is C21H20F3N3O. The fourth-order valence-electron chi connectivity index (χ4n) is 3.89. The highest BCUT2D eigenvalue weighted by molar-refractivity contribution is 6.10. The second-order valence-corrected chi connectivity index (χ2v) is 7.12. The molecular weight excluding hydrogens is 367 g/mol. The van der Waals surface area contributed by atoms with Crippen LogP contribution < -0.4 is 5.32 Å². The Bertz CT molecular complexity index is 985. The number of carbonyl (C=O) groups excluding carboxylic acids is 1. The van der Waals surface area contributed by atoms with Gasteiger partial charge in [0.2, 0.25) is 0 Å². The van der Waals surface area contributed by atoms with Gasteiger partial charge in [-0.2, -0.15) is 13.2 Å². The number of alkyl halides is 3. The third-order valence-electron chi connectivity index (χ3n) is 5.20. The summed E-state index contributed by atoms with van der Waals surface area (Å²) in [5, 5.41) is 3.76. The van der Waals surface area contributed by atoms with E-state index in [9.17, 15) is 18.0 Å². The van der Waals surface area contributed by atoms with E-state index < -0.39 is 12.0 Å². The number of rotatable bonds is 6. The molecule has 0 saturated heterocycles. The minimum atomic E-state index is -4.89. The summed E-state index contributed by atoms with van der Waals surface area (Å²) >= 11 is 0. The van der Waals surface area contributed by atoms with Crippen molar-refractivity contribution in [2.45, 2.75) is 38.0 Å². The number of hydrogen-bond donors (Lipinski definition) is 1. The molecule has 4 nitrogen and oxygen atoms in total. The van der Waals surface area contributed by atoms with Crippen LogP contribution in [0, 0.1) is 0 Å². The van der Waals surface area contributed by atoms with E-state index in [1.807, 2.05) is 12.1 Å². The van der Waals surface area contributed by atoms with E-state index in [1.165, 1.54) is 29.6 Å². The van der Waals surface area contributed by atoms with Gasteiger partial charge in [-0.05, 0) is 49.1 Å². The van der Waals surface area contributed by atoms with Gasteiger partial charge in [0.05, 0.1) is 5.56 Å². The van der Waals surface area contributed by atoms with E-state index in [0.29, 0.717) is 18.2 Å². The van der Waals surface area contributed by atoms with Crippen molar-refractivity contribution in [3.05, 3.63) is 65.5 Å². The van der Waals surface area contributed by atoms with Gasteiger partial charge in [-0.3, -0.25) is 4.79 Å². The molecule has 7 heteroatoms. The van der Waals surface area contributed by atoms with E-state index in [0.717, 1.165) is 25.8 Å². The zero-order chi connectivity index (χ0) is 19.7. The molecule has 2 aromatic heterocycles. The third kappa shape index (κ3) is 3.67. The number of benzene rings is 1. The van der Waals surface area contributed by atoms with E-state index in [1.54, 1.807) is 10.6 Å². The summed E-state index contributed by atoms with van der Waals surface area (Å²) in [5.41, 5.74) is 2.81. The standard InChI is InChI=1S/C21H20F3N3O/c22-21(23,24)19(28)18-13-27(20-17(18)7-3-8-26-20)10-4-9-25-16-11-14-5-1-2-6-15(14)12-16/h1-3,5-8,13,16,25H,4,9-12H2. The summed E-state index contributed by atoms with van der Waals surface area (Å²) < 4.78 is 40.3. The van der Waals surface area contributed by atoms with Gasteiger partial charge >= 0.3 is 6.18 Å². The van der Waals surface area contributed by atoms with Gasteiger partial charge in [0.1, 0.15) is 5.65 Å². The van der Waals surface area contributed by atoms with Crippen LogP contribution in [0.3, 0.4) is 0 Å². The Morgan fingerprint density at radius 1 is 1.14 bits per heavy atom. The summed E-state index contributed by atoms with van der Waals surface area (Å²) in [4.78, 5) is 15.9. The number of pyridine rings is 1. The number of halogens is 3. The first kappa shape index (κ1) is 18.7. The molecule has 0 fully saturated rings. The molecule has 28 heavy (non-hydrogen) atoms. The highest BCUT2D eigenvalue weighted by Crippen LogP contribution is 2.28. The highest BCUT2D eigenvalue weighted by Gasteiger charge is 2.41. The van der Waals surface area contributed by atoms with Crippen LogP contribution in [0.25, 0.3) is 11.0 Å². The number of nitrogens with zero attached hydrogens (tertiary/aromatic N) is 2. The number of carbonyl (C=O) groups is 1. The van der Waals surface area contributed by atoms with Crippen molar-refractivity contribution in [2.24, 2.45) is 0 Å². The topological polar surface area (TPSA) is 46.9 Å². The van der Waals surface area contributed by atoms with E-state index in [2.05, 4.69) is 22.4 Å². The average molecular weight is 387 g/mol. The molecule has 0 amide bonds. The summed E-state index contributed by atoms with van der Waals surface area (Å²) in [6, 6.07) is 11.8. The van der Waals surface area contributed by atoms with Crippen LogP contribution in [0.1, 0.15) is 27.9 Å². The summed E-state index contributed by atoms with van der Waals surface area (Å²) in [6.45, 7) is 1.24. The van der Waals surface area contributed by atoms with Crippen molar-refractivity contribution in [1.82, 2.24) is 14.9 Å². The van der Waals surface area contributed by atoms with Crippen LogP contribution in [0.5, 0.6) is 0 Å². The van der Waals surface area contributed by atoms with Crippen molar-refractivity contribution in [3.63, 3.8) is 0 Å². The highest BCUT2D eigenvalue weighted by atomic mass is 19.4.